The molecule has 0 aromatic rings. The fourth-order valence-corrected chi connectivity index (χ4v) is 4.61. The lowest BCUT2D eigenvalue weighted by Gasteiger charge is -2.52. The Morgan fingerprint density at radius 1 is 1.35 bits per heavy atom. The van der Waals surface area contributed by atoms with E-state index in [1.165, 1.54) is 0 Å². The summed E-state index contributed by atoms with van der Waals surface area (Å²) in [7, 11) is 0. The van der Waals surface area contributed by atoms with Crippen LogP contribution in [0, 0.1) is 16.7 Å². The van der Waals surface area contributed by atoms with Gasteiger partial charge in [-0.1, -0.05) is 34.3 Å². The fourth-order valence-electron chi connectivity index (χ4n) is 4.61. The highest BCUT2D eigenvalue weighted by atomic mass is 16.6. The first-order valence-corrected chi connectivity index (χ1v) is 7.67. The van der Waals surface area contributed by atoms with E-state index < -0.39 is 11.2 Å². The van der Waals surface area contributed by atoms with Gasteiger partial charge in [-0.15, -0.1) is 0 Å². The molecule has 1 aliphatic heterocycles. The second-order valence-corrected chi connectivity index (χ2v) is 8.27. The Morgan fingerprint density at radius 2 is 2.00 bits per heavy atom. The molecule has 0 amide bonds. The second-order valence-electron chi connectivity index (χ2n) is 8.27. The number of carbonyl (C=O) groups is 1. The molecule has 3 rings (SSSR count). The van der Waals surface area contributed by atoms with Crippen molar-refractivity contribution in [3.8, 4) is 0 Å². The average molecular weight is 278 g/mol. The van der Waals surface area contributed by atoms with Crippen LogP contribution in [0.3, 0.4) is 0 Å². The molecule has 3 heteroatoms. The van der Waals surface area contributed by atoms with E-state index >= 15 is 0 Å². The third kappa shape index (κ3) is 1.41. The van der Waals surface area contributed by atoms with Gasteiger partial charge < -0.3 is 14.6 Å². The zero-order valence-corrected chi connectivity index (χ0v) is 13.0. The van der Waals surface area contributed by atoms with Gasteiger partial charge in [0, 0.05) is 11.3 Å². The van der Waals surface area contributed by atoms with Gasteiger partial charge in [0.1, 0.15) is 18.0 Å². The zero-order chi connectivity index (χ0) is 15.0. The van der Waals surface area contributed by atoms with Crippen molar-refractivity contribution in [3.05, 3.63) is 12.2 Å². The van der Waals surface area contributed by atoms with Gasteiger partial charge in [0.2, 0.25) is 0 Å². The maximum Gasteiger partial charge on any atom is 0.127 e. The Kier molecular flexibility index (Phi) is 2.67. The summed E-state index contributed by atoms with van der Waals surface area (Å²) in [5.41, 5.74) is -0.631. The normalized spacial score (nSPS) is 51.1. The first kappa shape index (κ1) is 14.3. The lowest BCUT2D eigenvalue weighted by molar-refractivity contribution is -0.115. The van der Waals surface area contributed by atoms with Gasteiger partial charge in [0.05, 0.1) is 5.60 Å². The predicted octanol–water partition coefficient (Wildman–Crippen LogP) is 2.87. The van der Waals surface area contributed by atoms with Crippen molar-refractivity contribution in [2.75, 3.05) is 0 Å². The van der Waals surface area contributed by atoms with Crippen LogP contribution in [0.2, 0.25) is 0 Å². The van der Waals surface area contributed by atoms with Crippen LogP contribution >= 0.6 is 0 Å². The molecule has 1 heterocycles. The van der Waals surface area contributed by atoms with Crippen LogP contribution < -0.4 is 0 Å². The summed E-state index contributed by atoms with van der Waals surface area (Å²) in [5, 5.41) is 11.2. The summed E-state index contributed by atoms with van der Waals surface area (Å²) in [6, 6.07) is 0. The summed E-state index contributed by atoms with van der Waals surface area (Å²) in [6.07, 6.45) is 4.33. The molecule has 1 saturated heterocycles. The van der Waals surface area contributed by atoms with E-state index in [2.05, 4.69) is 34.3 Å². The van der Waals surface area contributed by atoms with E-state index in [0.717, 1.165) is 37.5 Å². The molecule has 0 radical (unpaired) electrons. The molecular weight excluding hydrogens is 252 g/mol. The van der Waals surface area contributed by atoms with Crippen molar-refractivity contribution in [3.63, 3.8) is 0 Å². The quantitative estimate of drug-likeness (QED) is 0.456. The molecule has 3 nitrogen and oxygen atoms in total. The molecule has 1 spiro atoms. The SMILES string of the molecule is C=C1C(C=O)CC[C@]2(C)CC[C@](O)(C(C)(C)C)[C@H]3O[C@]132. The third-order valence-corrected chi connectivity index (χ3v) is 6.40. The minimum Gasteiger partial charge on any atom is -0.386 e. The number of hydrogen-bond acceptors (Lipinski definition) is 3. The van der Waals surface area contributed by atoms with E-state index in [1.54, 1.807) is 0 Å². The van der Waals surface area contributed by atoms with Crippen molar-refractivity contribution in [2.24, 2.45) is 16.7 Å². The van der Waals surface area contributed by atoms with E-state index in [4.69, 9.17) is 4.74 Å². The monoisotopic (exact) mass is 278 g/mol. The third-order valence-electron chi connectivity index (χ3n) is 6.40. The molecule has 0 aromatic carbocycles. The van der Waals surface area contributed by atoms with E-state index in [9.17, 15) is 9.90 Å². The van der Waals surface area contributed by atoms with Crippen molar-refractivity contribution in [1.82, 2.24) is 0 Å². The summed E-state index contributed by atoms with van der Waals surface area (Å²) in [4.78, 5) is 11.3. The van der Waals surface area contributed by atoms with Gasteiger partial charge in [-0.25, -0.2) is 0 Å². The second kappa shape index (κ2) is 3.75. The number of carbonyl (C=O) groups excluding carboxylic acids is 1. The van der Waals surface area contributed by atoms with Crippen molar-refractivity contribution in [1.29, 1.82) is 0 Å². The fraction of sp³-hybridized carbons (Fsp3) is 0.824. The van der Waals surface area contributed by atoms with E-state index in [1.807, 2.05) is 0 Å². The molecule has 1 N–H and O–H groups in total. The van der Waals surface area contributed by atoms with Crippen LogP contribution in [0.5, 0.6) is 0 Å². The molecule has 3 fully saturated rings. The summed E-state index contributed by atoms with van der Waals surface area (Å²) < 4.78 is 6.15. The number of ether oxygens (including phenoxy) is 1. The van der Waals surface area contributed by atoms with Crippen LogP contribution in [-0.4, -0.2) is 28.7 Å². The molecule has 2 saturated carbocycles. The molecule has 3 aliphatic rings. The first-order valence-electron chi connectivity index (χ1n) is 7.67. The van der Waals surface area contributed by atoms with Crippen molar-refractivity contribution >= 4 is 6.29 Å². The van der Waals surface area contributed by atoms with E-state index in [-0.39, 0.29) is 22.9 Å². The zero-order valence-electron chi connectivity index (χ0n) is 13.0. The maximum atomic E-state index is 11.3. The van der Waals surface area contributed by atoms with Crippen molar-refractivity contribution in [2.45, 2.75) is 70.7 Å². The lowest BCUT2D eigenvalue weighted by atomic mass is 9.51. The highest BCUT2D eigenvalue weighted by Crippen LogP contribution is 2.71. The van der Waals surface area contributed by atoms with Crippen LogP contribution in [0.4, 0.5) is 0 Å². The van der Waals surface area contributed by atoms with Crippen LogP contribution in [0.15, 0.2) is 12.2 Å². The Labute approximate surface area is 121 Å². The van der Waals surface area contributed by atoms with Gasteiger partial charge in [0.15, 0.2) is 0 Å². The van der Waals surface area contributed by atoms with Crippen LogP contribution in [0.25, 0.3) is 0 Å². The highest BCUT2D eigenvalue weighted by molar-refractivity contribution is 5.62. The van der Waals surface area contributed by atoms with Gasteiger partial charge >= 0.3 is 0 Å². The van der Waals surface area contributed by atoms with Crippen LogP contribution in [0.1, 0.15) is 53.4 Å². The topological polar surface area (TPSA) is 49.8 Å². The maximum absolute atomic E-state index is 11.3. The summed E-state index contributed by atoms with van der Waals surface area (Å²) in [5.74, 6) is -0.115. The number of rotatable bonds is 1. The largest absolute Gasteiger partial charge is 0.386 e. The van der Waals surface area contributed by atoms with Crippen molar-refractivity contribution < 1.29 is 14.6 Å². The molecule has 112 valence electrons. The molecular formula is C17H26O3. The first-order chi connectivity index (χ1) is 9.12. The van der Waals surface area contributed by atoms with Gasteiger partial charge in [0.25, 0.3) is 0 Å². The molecule has 1 unspecified atom stereocenters. The number of aldehydes is 1. The van der Waals surface area contributed by atoms with Crippen LogP contribution in [-0.2, 0) is 9.53 Å². The summed E-state index contributed by atoms with van der Waals surface area (Å²) in [6.45, 7) is 12.6. The highest BCUT2D eigenvalue weighted by Gasteiger charge is 2.79. The molecule has 20 heavy (non-hydrogen) atoms. The standard InChI is InChI=1S/C17H26O3/c1-11-12(10-18)6-7-15(5)8-9-16(19,14(2,3)4)13-17(11,15)20-13/h10,12-13,19H,1,6-9H2,2-5H3/t12?,13-,15-,16-,17-/m1/s1. The Hall–Kier alpha value is -0.670. The molecule has 5 atom stereocenters. The van der Waals surface area contributed by atoms with Gasteiger partial charge in [-0.3, -0.25) is 0 Å². The number of epoxide rings is 1. The molecule has 2 aliphatic carbocycles. The lowest BCUT2D eigenvalue weighted by Crippen LogP contribution is -2.59. The summed E-state index contributed by atoms with van der Waals surface area (Å²) >= 11 is 0. The number of hydrogen-bond donors (Lipinski definition) is 1. The molecule has 0 aromatic heterocycles. The Morgan fingerprint density at radius 3 is 2.55 bits per heavy atom. The smallest absolute Gasteiger partial charge is 0.127 e. The average Bonchev–Trinajstić information content (AvgIpc) is 3.11. The van der Waals surface area contributed by atoms with Gasteiger partial charge in [-0.2, -0.15) is 0 Å². The minimum atomic E-state index is -0.833. The van der Waals surface area contributed by atoms with Gasteiger partial charge in [-0.05, 0) is 36.7 Å². The van der Waals surface area contributed by atoms with E-state index in [0.29, 0.717) is 0 Å². The Balaban J connectivity index is 2.03. The number of aliphatic hydroxyl groups is 1. The molecule has 0 bridgehead atoms. The Bertz CT molecular complexity index is 477. The minimum absolute atomic E-state index is 0.0196. The predicted molar refractivity (Wildman–Crippen MR) is 77.3 cm³/mol.